The van der Waals surface area contributed by atoms with Crippen molar-refractivity contribution >= 4 is 0 Å². The molecule has 2 aliphatic rings. The lowest BCUT2D eigenvalue weighted by molar-refractivity contribution is 0.0321. The Morgan fingerprint density at radius 2 is 1.95 bits per heavy atom. The zero-order valence-corrected chi connectivity index (χ0v) is 12.1. The summed E-state index contributed by atoms with van der Waals surface area (Å²) in [5.74, 6) is 0.625. The van der Waals surface area contributed by atoms with Crippen LogP contribution in [0.15, 0.2) is 24.3 Å². The van der Waals surface area contributed by atoms with E-state index in [9.17, 15) is 4.39 Å². The smallest absolute Gasteiger partial charge is 0.123 e. The molecule has 0 radical (unpaired) electrons. The molecule has 3 rings (SSSR count). The first-order valence-electron chi connectivity index (χ1n) is 7.87. The number of hydrogen-bond donors (Lipinski definition) is 0. The zero-order valence-electron chi connectivity index (χ0n) is 12.1. The molecule has 2 nitrogen and oxygen atoms in total. The molecule has 0 unspecified atom stereocenters. The summed E-state index contributed by atoms with van der Waals surface area (Å²) >= 11 is 0. The Hall–Kier alpha value is -0.930. The fourth-order valence-corrected chi connectivity index (χ4v) is 3.23. The molecule has 0 amide bonds. The molecule has 0 spiro atoms. The highest BCUT2D eigenvalue weighted by atomic mass is 19.1. The minimum atomic E-state index is -0.123. The Morgan fingerprint density at radius 1 is 1.15 bits per heavy atom. The van der Waals surface area contributed by atoms with Crippen molar-refractivity contribution in [2.24, 2.45) is 5.92 Å². The minimum absolute atomic E-state index is 0.123. The van der Waals surface area contributed by atoms with E-state index in [1.807, 2.05) is 12.1 Å². The van der Waals surface area contributed by atoms with Crippen LogP contribution in [-0.2, 0) is 11.3 Å². The molecule has 1 aliphatic carbocycles. The molecule has 110 valence electrons. The number of ether oxygens (including phenoxy) is 1. The van der Waals surface area contributed by atoms with E-state index in [2.05, 4.69) is 4.90 Å². The molecule has 1 aromatic rings. The molecule has 0 aromatic heterocycles. The third-order valence-electron chi connectivity index (χ3n) is 4.70. The van der Waals surface area contributed by atoms with Crippen molar-refractivity contribution in [2.45, 2.75) is 44.7 Å². The number of nitrogens with zero attached hydrogens (tertiary/aromatic N) is 1. The first-order chi connectivity index (χ1) is 9.81. The van der Waals surface area contributed by atoms with Gasteiger partial charge in [0.05, 0.1) is 0 Å². The molecule has 1 saturated heterocycles. The van der Waals surface area contributed by atoms with Crippen LogP contribution in [-0.4, -0.2) is 30.7 Å². The van der Waals surface area contributed by atoms with Crippen LogP contribution in [0.2, 0.25) is 0 Å². The maximum atomic E-state index is 13.3. The lowest BCUT2D eigenvalue weighted by atomic mass is 9.89. The number of benzene rings is 1. The van der Waals surface area contributed by atoms with Crippen LogP contribution >= 0.6 is 0 Å². The first-order valence-corrected chi connectivity index (χ1v) is 7.87. The third kappa shape index (κ3) is 3.58. The molecule has 2 fully saturated rings. The molecule has 0 bridgehead atoms. The molecule has 1 aliphatic heterocycles. The van der Waals surface area contributed by atoms with Gasteiger partial charge in [-0.2, -0.15) is 0 Å². The van der Waals surface area contributed by atoms with Crippen LogP contribution in [0.3, 0.4) is 0 Å². The average molecular weight is 277 g/mol. The average Bonchev–Trinajstić information content (AvgIpc) is 2.38. The predicted octanol–water partition coefficient (Wildman–Crippen LogP) is 3.61. The van der Waals surface area contributed by atoms with E-state index in [4.69, 9.17) is 4.74 Å². The van der Waals surface area contributed by atoms with Crippen molar-refractivity contribution in [3.05, 3.63) is 35.6 Å². The van der Waals surface area contributed by atoms with Crippen molar-refractivity contribution in [3.8, 4) is 0 Å². The van der Waals surface area contributed by atoms with E-state index in [1.54, 1.807) is 6.07 Å². The quantitative estimate of drug-likeness (QED) is 0.815. The third-order valence-corrected chi connectivity index (χ3v) is 4.70. The van der Waals surface area contributed by atoms with Crippen molar-refractivity contribution < 1.29 is 9.13 Å². The maximum absolute atomic E-state index is 13.3. The monoisotopic (exact) mass is 277 g/mol. The van der Waals surface area contributed by atoms with E-state index in [-0.39, 0.29) is 5.82 Å². The lowest BCUT2D eigenvalue weighted by Gasteiger charge is -2.40. The summed E-state index contributed by atoms with van der Waals surface area (Å²) in [5, 5.41) is 0. The highest BCUT2D eigenvalue weighted by Gasteiger charge is 2.27. The van der Waals surface area contributed by atoms with E-state index >= 15 is 0 Å². The highest BCUT2D eigenvalue weighted by molar-refractivity contribution is 5.16. The molecule has 1 heterocycles. The van der Waals surface area contributed by atoms with Crippen LogP contribution < -0.4 is 0 Å². The van der Waals surface area contributed by atoms with Gasteiger partial charge in [0.2, 0.25) is 0 Å². The second-order valence-corrected chi connectivity index (χ2v) is 6.20. The van der Waals surface area contributed by atoms with E-state index in [0.717, 1.165) is 37.8 Å². The van der Waals surface area contributed by atoms with Crippen molar-refractivity contribution in [1.29, 1.82) is 0 Å². The van der Waals surface area contributed by atoms with Gasteiger partial charge in [-0.15, -0.1) is 0 Å². The second kappa shape index (κ2) is 6.68. The second-order valence-electron chi connectivity index (χ2n) is 6.20. The SMILES string of the molecule is Fc1cccc(CN(CC2CCOCC2)C2CCC2)c1. The Morgan fingerprint density at radius 3 is 2.60 bits per heavy atom. The van der Waals surface area contributed by atoms with Crippen molar-refractivity contribution in [1.82, 2.24) is 4.90 Å². The van der Waals surface area contributed by atoms with Crippen LogP contribution in [0.1, 0.15) is 37.7 Å². The number of halogens is 1. The van der Waals surface area contributed by atoms with Gasteiger partial charge in [0.15, 0.2) is 0 Å². The summed E-state index contributed by atoms with van der Waals surface area (Å²) in [6.45, 7) is 3.84. The Bertz CT molecular complexity index is 427. The number of rotatable bonds is 5. The molecular formula is C17H24FNO. The van der Waals surface area contributed by atoms with Gasteiger partial charge >= 0.3 is 0 Å². The molecule has 3 heteroatoms. The predicted molar refractivity (Wildman–Crippen MR) is 78.0 cm³/mol. The van der Waals surface area contributed by atoms with Gasteiger partial charge in [-0.3, -0.25) is 4.90 Å². The fraction of sp³-hybridized carbons (Fsp3) is 0.647. The first kappa shape index (κ1) is 14.0. The minimum Gasteiger partial charge on any atom is -0.381 e. The van der Waals surface area contributed by atoms with Gasteiger partial charge in [0.25, 0.3) is 0 Å². The summed E-state index contributed by atoms with van der Waals surface area (Å²) in [7, 11) is 0. The Balaban J connectivity index is 1.63. The van der Waals surface area contributed by atoms with Gasteiger partial charge in [-0.05, 0) is 49.3 Å². The summed E-state index contributed by atoms with van der Waals surface area (Å²) in [6.07, 6.45) is 6.30. The van der Waals surface area contributed by atoms with Gasteiger partial charge in [0.1, 0.15) is 5.82 Å². The Labute approximate surface area is 120 Å². The molecule has 0 N–H and O–H groups in total. The zero-order chi connectivity index (χ0) is 13.8. The largest absolute Gasteiger partial charge is 0.381 e. The van der Waals surface area contributed by atoms with Crippen LogP contribution in [0, 0.1) is 11.7 Å². The summed E-state index contributed by atoms with van der Waals surface area (Å²) in [6, 6.07) is 7.77. The normalized spacial score (nSPS) is 21.1. The summed E-state index contributed by atoms with van der Waals surface area (Å²) < 4.78 is 18.8. The highest BCUT2D eigenvalue weighted by Crippen LogP contribution is 2.28. The van der Waals surface area contributed by atoms with E-state index in [0.29, 0.717) is 6.04 Å². The van der Waals surface area contributed by atoms with Crippen molar-refractivity contribution in [3.63, 3.8) is 0 Å². The van der Waals surface area contributed by atoms with Gasteiger partial charge in [-0.1, -0.05) is 18.6 Å². The van der Waals surface area contributed by atoms with Gasteiger partial charge in [0, 0.05) is 32.3 Å². The summed E-state index contributed by atoms with van der Waals surface area (Å²) in [5.41, 5.74) is 1.10. The molecular weight excluding hydrogens is 253 g/mol. The fourth-order valence-electron chi connectivity index (χ4n) is 3.23. The van der Waals surface area contributed by atoms with Crippen LogP contribution in [0.25, 0.3) is 0 Å². The maximum Gasteiger partial charge on any atom is 0.123 e. The topological polar surface area (TPSA) is 12.5 Å². The molecule has 1 saturated carbocycles. The van der Waals surface area contributed by atoms with Crippen LogP contribution in [0.4, 0.5) is 4.39 Å². The molecule has 20 heavy (non-hydrogen) atoms. The standard InChI is InChI=1S/C17H24FNO/c18-16-4-1-3-15(11-16)13-19(17-5-2-6-17)12-14-7-9-20-10-8-14/h1,3-4,11,14,17H,2,5-10,12-13H2. The number of hydrogen-bond acceptors (Lipinski definition) is 2. The Kier molecular flexibility index (Phi) is 4.69. The van der Waals surface area contributed by atoms with Gasteiger partial charge < -0.3 is 4.74 Å². The van der Waals surface area contributed by atoms with Crippen molar-refractivity contribution in [2.75, 3.05) is 19.8 Å². The van der Waals surface area contributed by atoms with Crippen LogP contribution in [0.5, 0.6) is 0 Å². The lowest BCUT2D eigenvalue weighted by Crippen LogP contribution is -2.43. The van der Waals surface area contributed by atoms with Gasteiger partial charge in [-0.25, -0.2) is 4.39 Å². The summed E-state index contributed by atoms with van der Waals surface area (Å²) in [4.78, 5) is 2.58. The van der Waals surface area contributed by atoms with E-state index < -0.39 is 0 Å². The molecule has 1 aromatic carbocycles. The van der Waals surface area contributed by atoms with E-state index in [1.165, 1.54) is 38.2 Å². The molecule has 0 atom stereocenters.